The minimum Gasteiger partial charge on any atom is -0.280 e. The molecule has 27 heavy (non-hydrogen) atoms. The van der Waals surface area contributed by atoms with E-state index in [1.807, 2.05) is 0 Å². The van der Waals surface area contributed by atoms with Gasteiger partial charge in [-0.1, -0.05) is 18.5 Å². The molecule has 0 aliphatic carbocycles. The number of anilines is 2. The quantitative estimate of drug-likeness (QED) is 0.800. The van der Waals surface area contributed by atoms with Gasteiger partial charge in [-0.25, -0.2) is 25.5 Å². The number of rotatable bonds is 4. The zero-order valence-corrected chi connectivity index (χ0v) is 16.3. The molecule has 1 aliphatic rings. The van der Waals surface area contributed by atoms with Crippen molar-refractivity contribution in [2.45, 2.75) is 11.8 Å². The highest BCUT2D eigenvalue weighted by molar-refractivity contribution is 7.94. The summed E-state index contributed by atoms with van der Waals surface area (Å²) in [6.45, 7) is 1.51. The second-order valence-corrected chi connectivity index (χ2v) is 9.96. The summed E-state index contributed by atoms with van der Waals surface area (Å²) in [6, 6.07) is 8.18. The van der Waals surface area contributed by atoms with Crippen molar-refractivity contribution in [1.82, 2.24) is 0 Å². The smallest absolute Gasteiger partial charge is 0.261 e. The van der Waals surface area contributed by atoms with Crippen LogP contribution in [-0.4, -0.2) is 28.5 Å². The van der Waals surface area contributed by atoms with Gasteiger partial charge in [0.25, 0.3) is 10.0 Å². The summed E-state index contributed by atoms with van der Waals surface area (Å²) in [4.78, 5) is 11.9. The molecule has 1 amide bonds. The molecule has 1 saturated heterocycles. The molecule has 7 nitrogen and oxygen atoms in total. The first-order valence-electron chi connectivity index (χ1n) is 7.66. The van der Waals surface area contributed by atoms with E-state index < -0.39 is 37.7 Å². The Hall–Kier alpha value is -2.17. The van der Waals surface area contributed by atoms with Gasteiger partial charge in [-0.3, -0.25) is 9.52 Å². The molecule has 1 unspecified atom stereocenters. The van der Waals surface area contributed by atoms with Crippen LogP contribution in [0, 0.1) is 11.7 Å². The summed E-state index contributed by atoms with van der Waals surface area (Å²) in [6.07, 6.45) is 0. The van der Waals surface area contributed by atoms with Crippen LogP contribution in [-0.2, 0) is 24.8 Å². The van der Waals surface area contributed by atoms with Crippen molar-refractivity contribution in [3.05, 3.63) is 53.3 Å². The number of hydrogen-bond donors (Lipinski definition) is 1. The number of sulfonamides is 2. The molecule has 0 spiro atoms. The second kappa shape index (κ2) is 6.77. The van der Waals surface area contributed by atoms with Crippen LogP contribution in [0.1, 0.15) is 6.92 Å². The number of hydrogen-bond acceptors (Lipinski definition) is 5. The number of nitrogens with zero attached hydrogens (tertiary/aromatic N) is 1. The van der Waals surface area contributed by atoms with Crippen LogP contribution >= 0.6 is 11.6 Å². The molecule has 1 N–H and O–H groups in total. The number of amides is 1. The molecule has 0 saturated carbocycles. The summed E-state index contributed by atoms with van der Waals surface area (Å²) >= 11 is 5.63. The van der Waals surface area contributed by atoms with Crippen LogP contribution in [0.3, 0.4) is 0 Å². The maximum absolute atomic E-state index is 13.2. The van der Waals surface area contributed by atoms with Crippen molar-refractivity contribution in [2.24, 2.45) is 5.92 Å². The van der Waals surface area contributed by atoms with Crippen LogP contribution in [0.2, 0.25) is 5.02 Å². The highest BCUT2D eigenvalue weighted by atomic mass is 35.5. The molecule has 144 valence electrons. The Balaban J connectivity index is 1.88. The van der Waals surface area contributed by atoms with Gasteiger partial charge in [0.2, 0.25) is 15.9 Å². The van der Waals surface area contributed by atoms with Gasteiger partial charge in [0.15, 0.2) is 0 Å². The number of carbonyl (C=O) groups is 1. The maximum atomic E-state index is 13.2. The number of halogens is 2. The Kier molecular flexibility index (Phi) is 4.91. The monoisotopic (exact) mass is 432 g/mol. The minimum atomic E-state index is -4.02. The fourth-order valence-corrected chi connectivity index (χ4v) is 5.67. The van der Waals surface area contributed by atoms with E-state index in [2.05, 4.69) is 4.72 Å². The summed E-state index contributed by atoms with van der Waals surface area (Å²) in [5.74, 6) is -2.21. The Morgan fingerprint density at radius 3 is 2.33 bits per heavy atom. The predicted octanol–water partition coefficient (Wildman–Crippen LogP) is 2.59. The van der Waals surface area contributed by atoms with Crippen molar-refractivity contribution < 1.29 is 26.0 Å². The molecule has 11 heteroatoms. The first-order chi connectivity index (χ1) is 12.5. The van der Waals surface area contributed by atoms with E-state index in [0.29, 0.717) is 4.31 Å². The molecular formula is C16H14ClFN2O5S2. The van der Waals surface area contributed by atoms with E-state index in [1.165, 1.54) is 37.3 Å². The third kappa shape index (κ3) is 3.78. The van der Waals surface area contributed by atoms with E-state index >= 15 is 0 Å². The SMILES string of the molecule is CC1CS(=O)(=O)N(c2ccc(S(=O)(=O)Nc3ccc(F)c(Cl)c3)cc2)C1=O. The van der Waals surface area contributed by atoms with Crippen molar-refractivity contribution >= 4 is 48.9 Å². The van der Waals surface area contributed by atoms with Crippen molar-refractivity contribution in [1.29, 1.82) is 0 Å². The number of nitrogens with one attached hydrogen (secondary N) is 1. The van der Waals surface area contributed by atoms with Crippen LogP contribution in [0.25, 0.3) is 0 Å². The average Bonchev–Trinajstić information content (AvgIpc) is 2.78. The summed E-state index contributed by atoms with van der Waals surface area (Å²) in [5.41, 5.74) is 0.129. The standard InChI is InChI=1S/C16H14ClFN2O5S2/c1-10-9-26(22,23)20(16(10)21)12-3-5-13(6-4-12)27(24,25)19-11-2-7-15(18)14(17)8-11/h2-8,10,19H,9H2,1H3. The molecule has 1 heterocycles. The molecule has 1 atom stereocenters. The molecule has 0 radical (unpaired) electrons. The predicted molar refractivity (Wildman–Crippen MR) is 99.1 cm³/mol. The van der Waals surface area contributed by atoms with Crippen LogP contribution < -0.4 is 9.03 Å². The third-order valence-corrected chi connectivity index (χ3v) is 7.47. The topological polar surface area (TPSA) is 101 Å². The largest absolute Gasteiger partial charge is 0.280 e. The van der Waals surface area contributed by atoms with Gasteiger partial charge in [-0.2, -0.15) is 0 Å². The molecule has 3 rings (SSSR count). The van der Waals surface area contributed by atoms with Gasteiger partial charge in [-0.15, -0.1) is 0 Å². The first kappa shape index (κ1) is 19.6. The lowest BCUT2D eigenvalue weighted by Gasteiger charge is -2.16. The summed E-state index contributed by atoms with van der Waals surface area (Å²) in [7, 11) is -7.80. The summed E-state index contributed by atoms with van der Waals surface area (Å²) < 4.78 is 65.2. The Morgan fingerprint density at radius 1 is 1.19 bits per heavy atom. The van der Waals surface area contributed by atoms with Gasteiger partial charge >= 0.3 is 0 Å². The summed E-state index contributed by atoms with van der Waals surface area (Å²) in [5, 5.41) is -0.238. The molecular weight excluding hydrogens is 419 g/mol. The molecule has 1 aliphatic heterocycles. The highest BCUT2D eigenvalue weighted by Gasteiger charge is 2.41. The zero-order chi connectivity index (χ0) is 20.0. The maximum Gasteiger partial charge on any atom is 0.261 e. The lowest BCUT2D eigenvalue weighted by atomic mass is 10.2. The average molecular weight is 433 g/mol. The minimum absolute atomic E-state index is 0.0631. The lowest BCUT2D eigenvalue weighted by molar-refractivity contribution is -0.119. The zero-order valence-electron chi connectivity index (χ0n) is 13.9. The second-order valence-electron chi connectivity index (χ2n) is 6.01. The molecule has 0 aromatic heterocycles. The van der Waals surface area contributed by atoms with Gasteiger partial charge in [0.1, 0.15) is 5.82 Å². The van der Waals surface area contributed by atoms with Gasteiger partial charge in [0.05, 0.1) is 33.0 Å². The van der Waals surface area contributed by atoms with E-state index in [9.17, 15) is 26.0 Å². The van der Waals surface area contributed by atoms with Gasteiger partial charge in [-0.05, 0) is 42.5 Å². The van der Waals surface area contributed by atoms with Crippen LogP contribution in [0.15, 0.2) is 47.4 Å². The fraction of sp³-hybridized carbons (Fsp3) is 0.188. The number of carbonyl (C=O) groups excluding carboxylic acids is 1. The molecule has 2 aromatic rings. The fourth-order valence-electron chi connectivity index (χ4n) is 2.62. The molecule has 0 bridgehead atoms. The Labute approximate surface area is 160 Å². The van der Waals surface area contributed by atoms with Crippen LogP contribution in [0.4, 0.5) is 15.8 Å². The molecule has 2 aromatic carbocycles. The lowest BCUT2D eigenvalue weighted by Crippen LogP contribution is -2.30. The normalized spacial score (nSPS) is 19.3. The van der Waals surface area contributed by atoms with Crippen molar-refractivity contribution in [2.75, 3.05) is 14.8 Å². The van der Waals surface area contributed by atoms with E-state index in [1.54, 1.807) is 0 Å². The van der Waals surface area contributed by atoms with E-state index in [-0.39, 0.29) is 27.0 Å². The third-order valence-electron chi connectivity index (χ3n) is 3.91. The van der Waals surface area contributed by atoms with Crippen molar-refractivity contribution in [3.8, 4) is 0 Å². The van der Waals surface area contributed by atoms with Crippen LogP contribution in [0.5, 0.6) is 0 Å². The Morgan fingerprint density at radius 2 is 1.81 bits per heavy atom. The number of benzene rings is 2. The van der Waals surface area contributed by atoms with Gasteiger partial charge in [0, 0.05) is 0 Å². The Bertz CT molecular complexity index is 1120. The van der Waals surface area contributed by atoms with E-state index in [4.69, 9.17) is 11.6 Å². The van der Waals surface area contributed by atoms with Gasteiger partial charge < -0.3 is 0 Å². The van der Waals surface area contributed by atoms with E-state index in [0.717, 1.165) is 12.1 Å². The first-order valence-corrected chi connectivity index (χ1v) is 11.1. The molecule has 1 fully saturated rings. The highest BCUT2D eigenvalue weighted by Crippen LogP contribution is 2.29. The van der Waals surface area contributed by atoms with Crippen molar-refractivity contribution in [3.63, 3.8) is 0 Å².